The Morgan fingerprint density at radius 2 is 1.50 bits per heavy atom. The molecular formula is C13H10O7S2. The summed E-state index contributed by atoms with van der Waals surface area (Å²) in [6.07, 6.45) is 0. The second-order valence-electron chi connectivity index (χ2n) is 4.68. The van der Waals surface area contributed by atoms with Gasteiger partial charge in [-0.3, -0.25) is 9.11 Å². The van der Waals surface area contributed by atoms with E-state index in [1.807, 2.05) is 0 Å². The van der Waals surface area contributed by atoms with Crippen LogP contribution in [0.25, 0.3) is 0 Å². The molecule has 2 N–H and O–H groups in total. The molecule has 1 heterocycles. The molecule has 0 radical (unpaired) electrons. The molecule has 3 rings (SSSR count). The maximum atomic E-state index is 11.8. The average molecular weight is 342 g/mol. The zero-order chi connectivity index (χ0) is 16.1. The fourth-order valence-electron chi connectivity index (χ4n) is 2.44. The minimum Gasteiger partial charge on any atom is -0.455 e. The largest absolute Gasteiger partial charge is 0.455 e. The molecule has 0 bridgehead atoms. The maximum Gasteiger partial charge on any atom is 0.298 e. The lowest BCUT2D eigenvalue weighted by atomic mass is 10.00. The van der Waals surface area contributed by atoms with Gasteiger partial charge in [0.2, 0.25) is 0 Å². The zero-order valence-electron chi connectivity index (χ0n) is 10.9. The van der Waals surface area contributed by atoms with Crippen LogP contribution in [-0.2, 0) is 20.2 Å². The highest BCUT2D eigenvalue weighted by molar-refractivity contribution is 7.86. The van der Waals surface area contributed by atoms with E-state index in [1.165, 1.54) is 24.3 Å². The first kappa shape index (κ1) is 15.0. The molecule has 1 atom stereocenters. The first-order valence-electron chi connectivity index (χ1n) is 6.03. The van der Waals surface area contributed by atoms with Crippen molar-refractivity contribution in [2.24, 2.45) is 0 Å². The average Bonchev–Trinajstić information content (AvgIpc) is 2.41. The summed E-state index contributed by atoms with van der Waals surface area (Å²) < 4.78 is 70.6. The highest BCUT2D eigenvalue weighted by atomic mass is 32.2. The van der Waals surface area contributed by atoms with Crippen molar-refractivity contribution in [3.8, 4) is 11.5 Å². The lowest BCUT2D eigenvalue weighted by Gasteiger charge is -2.27. The van der Waals surface area contributed by atoms with Gasteiger partial charge in [0.1, 0.15) is 15.9 Å². The van der Waals surface area contributed by atoms with E-state index in [1.54, 1.807) is 12.1 Å². The van der Waals surface area contributed by atoms with Crippen LogP contribution in [0.1, 0.15) is 16.4 Å². The van der Waals surface area contributed by atoms with Gasteiger partial charge in [-0.25, -0.2) is 0 Å². The summed E-state index contributed by atoms with van der Waals surface area (Å²) in [5.74, 6) is -0.222. The second-order valence-corrected chi connectivity index (χ2v) is 7.58. The van der Waals surface area contributed by atoms with Crippen molar-refractivity contribution in [3.63, 3.8) is 0 Å². The maximum absolute atomic E-state index is 11.8. The van der Waals surface area contributed by atoms with E-state index >= 15 is 0 Å². The van der Waals surface area contributed by atoms with Crippen LogP contribution in [0.15, 0.2) is 47.4 Å². The summed E-state index contributed by atoms with van der Waals surface area (Å²) in [7, 11) is -9.19. The minimum absolute atomic E-state index is 0.0590. The molecule has 1 unspecified atom stereocenters. The van der Waals surface area contributed by atoms with Crippen molar-refractivity contribution < 1.29 is 30.7 Å². The van der Waals surface area contributed by atoms with Crippen molar-refractivity contribution in [2.45, 2.75) is 10.1 Å². The molecule has 2 aromatic rings. The van der Waals surface area contributed by atoms with Gasteiger partial charge in [-0.2, -0.15) is 16.8 Å². The molecule has 0 fully saturated rings. The molecule has 0 aliphatic carbocycles. The lowest BCUT2D eigenvalue weighted by molar-refractivity contribution is 0.421. The normalized spacial score (nSPS) is 17.3. The molecule has 1 aliphatic heterocycles. The van der Waals surface area contributed by atoms with Crippen LogP contribution in [0, 0.1) is 0 Å². The van der Waals surface area contributed by atoms with Crippen molar-refractivity contribution in [1.29, 1.82) is 0 Å². The number of hydrogen-bond acceptors (Lipinski definition) is 5. The van der Waals surface area contributed by atoms with Crippen molar-refractivity contribution in [1.82, 2.24) is 0 Å². The predicted molar refractivity (Wildman–Crippen MR) is 76.2 cm³/mol. The smallest absolute Gasteiger partial charge is 0.298 e. The molecule has 2 aromatic carbocycles. The Bertz CT molecular complexity index is 962. The van der Waals surface area contributed by atoms with E-state index in [-0.39, 0.29) is 22.6 Å². The number of hydrogen-bond donors (Lipinski definition) is 2. The number of benzene rings is 2. The molecule has 9 heteroatoms. The van der Waals surface area contributed by atoms with Gasteiger partial charge in [0.05, 0.1) is 0 Å². The van der Waals surface area contributed by atoms with Crippen LogP contribution in [0.3, 0.4) is 0 Å². The summed E-state index contributed by atoms with van der Waals surface area (Å²) in [5.41, 5.74) is 0.126. The van der Waals surface area contributed by atoms with Crippen LogP contribution in [0.5, 0.6) is 11.5 Å². The summed E-state index contributed by atoms with van der Waals surface area (Å²) in [6, 6.07) is 9.70. The van der Waals surface area contributed by atoms with Crippen LogP contribution >= 0.6 is 0 Å². The van der Waals surface area contributed by atoms with Gasteiger partial charge in [0.15, 0.2) is 5.75 Å². The van der Waals surface area contributed by atoms with Gasteiger partial charge in [0.25, 0.3) is 20.2 Å². The van der Waals surface area contributed by atoms with Gasteiger partial charge in [-0.15, -0.1) is 0 Å². The van der Waals surface area contributed by atoms with Gasteiger partial charge in [-0.05, 0) is 12.1 Å². The van der Waals surface area contributed by atoms with E-state index in [0.717, 1.165) is 6.07 Å². The molecule has 1 aliphatic rings. The van der Waals surface area contributed by atoms with Crippen LogP contribution in [0.4, 0.5) is 0 Å². The van der Waals surface area contributed by atoms with Gasteiger partial charge in [-0.1, -0.05) is 30.3 Å². The van der Waals surface area contributed by atoms with E-state index in [9.17, 15) is 25.9 Å². The molecule has 0 aromatic heterocycles. The summed E-state index contributed by atoms with van der Waals surface area (Å²) >= 11 is 0. The monoisotopic (exact) mass is 342 g/mol. The zero-order valence-corrected chi connectivity index (χ0v) is 12.5. The topological polar surface area (TPSA) is 118 Å². The van der Waals surface area contributed by atoms with Gasteiger partial charge >= 0.3 is 0 Å². The molecular weight excluding hydrogens is 332 g/mol. The van der Waals surface area contributed by atoms with Crippen molar-refractivity contribution in [3.05, 3.63) is 53.6 Å². The third kappa shape index (κ3) is 2.37. The standard InChI is InChI=1S/C13H10O7S2/c14-21(15,16)11-7-3-5-9-12(11)20-10-6-2-1-4-8(10)13(9)22(17,18)19/h1-7,13H,(H,14,15,16)(H,17,18,19). The highest BCUT2D eigenvalue weighted by Gasteiger charge is 2.38. The van der Waals surface area contributed by atoms with E-state index in [4.69, 9.17) is 4.74 Å². The van der Waals surface area contributed by atoms with Crippen LogP contribution in [0.2, 0.25) is 0 Å². The van der Waals surface area contributed by atoms with E-state index < -0.39 is 30.4 Å². The summed E-state index contributed by atoms with van der Waals surface area (Å²) in [6.45, 7) is 0. The molecule has 116 valence electrons. The quantitative estimate of drug-likeness (QED) is 0.801. The van der Waals surface area contributed by atoms with Crippen molar-refractivity contribution in [2.75, 3.05) is 0 Å². The van der Waals surface area contributed by atoms with Gasteiger partial charge < -0.3 is 4.74 Å². The molecule has 0 saturated heterocycles. The Morgan fingerprint density at radius 3 is 2.14 bits per heavy atom. The molecule has 0 spiro atoms. The van der Waals surface area contributed by atoms with E-state index in [0.29, 0.717) is 0 Å². The van der Waals surface area contributed by atoms with E-state index in [2.05, 4.69) is 0 Å². The van der Waals surface area contributed by atoms with Gasteiger partial charge in [0, 0.05) is 11.1 Å². The first-order chi connectivity index (χ1) is 10.2. The number of rotatable bonds is 2. The minimum atomic E-state index is -4.62. The fraction of sp³-hybridized carbons (Fsp3) is 0.0769. The molecule has 22 heavy (non-hydrogen) atoms. The predicted octanol–water partition coefficient (Wildman–Crippen LogP) is 2.02. The molecule has 0 amide bonds. The Morgan fingerprint density at radius 1 is 0.864 bits per heavy atom. The third-order valence-electron chi connectivity index (χ3n) is 3.28. The summed E-state index contributed by atoms with van der Waals surface area (Å²) in [4.78, 5) is -0.562. The molecule has 0 saturated carbocycles. The van der Waals surface area contributed by atoms with Crippen molar-refractivity contribution >= 4 is 20.2 Å². The van der Waals surface area contributed by atoms with Crippen LogP contribution < -0.4 is 4.74 Å². The third-order valence-corrected chi connectivity index (χ3v) is 5.26. The number of ether oxygens (including phenoxy) is 1. The van der Waals surface area contributed by atoms with Crippen LogP contribution in [-0.4, -0.2) is 25.9 Å². The molecule has 7 nitrogen and oxygen atoms in total. The Hall–Kier alpha value is -1.94. The SMILES string of the molecule is O=S(=O)(O)c1cccc2c1Oc1ccccc1C2S(=O)(=O)O. The first-order valence-corrected chi connectivity index (χ1v) is 8.97. The Labute approximate surface area is 126 Å². The second kappa shape index (κ2) is 4.78. The Balaban J connectivity index is 2.38. The Kier molecular flexibility index (Phi) is 3.25. The summed E-state index contributed by atoms with van der Waals surface area (Å²) in [5, 5.41) is -1.49. The number of fused-ring (bicyclic) bond motifs is 2. The lowest BCUT2D eigenvalue weighted by Crippen LogP contribution is -2.20. The highest BCUT2D eigenvalue weighted by Crippen LogP contribution is 2.48. The number of para-hydroxylation sites is 2. The fourth-order valence-corrected chi connectivity index (χ4v) is 4.11.